The van der Waals surface area contributed by atoms with Crippen LogP contribution in [0.3, 0.4) is 0 Å². The first-order chi connectivity index (χ1) is 12.1. The minimum Gasteiger partial charge on any atom is -0.369 e. The molecular weight excluding hydrogens is 441 g/mol. The molecular formula is C19H36IN5O. The third kappa shape index (κ3) is 5.47. The number of halogens is 1. The largest absolute Gasteiger partial charge is 0.369 e. The zero-order chi connectivity index (χ0) is 17.7. The van der Waals surface area contributed by atoms with Crippen molar-refractivity contribution in [3.05, 3.63) is 0 Å². The van der Waals surface area contributed by atoms with Gasteiger partial charge in [0.1, 0.15) is 0 Å². The monoisotopic (exact) mass is 477 g/mol. The fourth-order valence-corrected chi connectivity index (χ4v) is 4.60. The number of aliphatic imine (C=N–C) groups is 1. The molecule has 7 heteroatoms. The summed E-state index contributed by atoms with van der Waals surface area (Å²) in [7, 11) is 0. The Morgan fingerprint density at radius 2 is 2.08 bits per heavy atom. The summed E-state index contributed by atoms with van der Waals surface area (Å²) in [5.74, 6) is 0.994. The molecule has 2 aliphatic heterocycles. The standard InChI is InChI=1S/C19H35N5O.HI/c1-2-21-18(24-13-9-19(15-24)7-4-8-19)22-10-5-12-23-11-3-6-16(14-23)17(20)25;/h16H,2-15H2,1H3,(H2,20,25)(H,21,22);1H. The number of nitrogens with one attached hydrogen (secondary N) is 1. The number of guanidine groups is 1. The molecule has 0 aromatic heterocycles. The Morgan fingerprint density at radius 3 is 2.69 bits per heavy atom. The molecule has 1 amide bonds. The minimum atomic E-state index is -0.142. The number of nitrogens with two attached hydrogens (primary N) is 1. The first kappa shape index (κ1) is 21.7. The van der Waals surface area contributed by atoms with Crippen molar-refractivity contribution < 1.29 is 4.79 Å². The summed E-state index contributed by atoms with van der Waals surface area (Å²) in [5.41, 5.74) is 6.07. The molecule has 1 saturated carbocycles. The van der Waals surface area contributed by atoms with Gasteiger partial charge < -0.3 is 20.9 Å². The van der Waals surface area contributed by atoms with Crippen LogP contribution in [0, 0.1) is 11.3 Å². The smallest absolute Gasteiger partial charge is 0.221 e. The number of likely N-dealkylation sites (tertiary alicyclic amines) is 2. The van der Waals surface area contributed by atoms with Crippen molar-refractivity contribution in [2.24, 2.45) is 22.1 Å². The van der Waals surface area contributed by atoms with Crippen molar-refractivity contribution in [2.45, 2.75) is 51.9 Å². The van der Waals surface area contributed by atoms with Gasteiger partial charge in [0.05, 0.1) is 5.92 Å². The van der Waals surface area contributed by atoms with Crippen LogP contribution < -0.4 is 11.1 Å². The van der Waals surface area contributed by atoms with Gasteiger partial charge in [-0.2, -0.15) is 0 Å². The van der Waals surface area contributed by atoms with Crippen LogP contribution in [0.2, 0.25) is 0 Å². The molecule has 1 atom stereocenters. The lowest BCUT2D eigenvalue weighted by Crippen LogP contribution is -2.43. The predicted octanol–water partition coefficient (Wildman–Crippen LogP) is 2.03. The van der Waals surface area contributed by atoms with Crippen molar-refractivity contribution in [3.63, 3.8) is 0 Å². The number of piperidine rings is 1. The van der Waals surface area contributed by atoms with E-state index < -0.39 is 0 Å². The van der Waals surface area contributed by atoms with Crippen LogP contribution in [0.5, 0.6) is 0 Å². The Bertz CT molecular complexity index is 494. The highest BCUT2D eigenvalue weighted by Gasteiger charge is 2.43. The molecule has 2 heterocycles. The number of amides is 1. The van der Waals surface area contributed by atoms with Gasteiger partial charge in [-0.05, 0) is 64.0 Å². The molecule has 26 heavy (non-hydrogen) atoms. The molecule has 0 aromatic carbocycles. The highest BCUT2D eigenvalue weighted by molar-refractivity contribution is 14.0. The van der Waals surface area contributed by atoms with E-state index in [0.717, 1.165) is 64.5 Å². The van der Waals surface area contributed by atoms with Crippen LogP contribution in [0.15, 0.2) is 4.99 Å². The van der Waals surface area contributed by atoms with E-state index in [9.17, 15) is 4.79 Å². The van der Waals surface area contributed by atoms with Crippen molar-refractivity contribution in [3.8, 4) is 0 Å². The quantitative estimate of drug-likeness (QED) is 0.266. The molecule has 6 nitrogen and oxygen atoms in total. The summed E-state index contributed by atoms with van der Waals surface area (Å²) in [4.78, 5) is 21.1. The molecule has 1 spiro atoms. The molecule has 0 aromatic rings. The Labute approximate surface area is 175 Å². The number of carbonyl (C=O) groups is 1. The second kappa shape index (κ2) is 10.1. The second-order valence-corrected chi connectivity index (χ2v) is 8.16. The third-order valence-corrected chi connectivity index (χ3v) is 6.29. The molecule has 3 rings (SSSR count). The van der Waals surface area contributed by atoms with Gasteiger partial charge in [0.25, 0.3) is 0 Å². The minimum absolute atomic E-state index is 0. The van der Waals surface area contributed by atoms with E-state index in [4.69, 9.17) is 10.7 Å². The summed E-state index contributed by atoms with van der Waals surface area (Å²) >= 11 is 0. The van der Waals surface area contributed by atoms with E-state index in [1.165, 1.54) is 32.2 Å². The van der Waals surface area contributed by atoms with E-state index in [1.54, 1.807) is 0 Å². The Morgan fingerprint density at radius 1 is 1.27 bits per heavy atom. The summed E-state index contributed by atoms with van der Waals surface area (Å²) in [6.07, 6.45) is 8.61. The van der Waals surface area contributed by atoms with Crippen molar-refractivity contribution in [2.75, 3.05) is 45.8 Å². The SMILES string of the molecule is CCNC(=NCCCN1CCCC(C(N)=O)C1)N1CCC2(CCC2)C1.I. The van der Waals surface area contributed by atoms with Crippen LogP contribution in [0.4, 0.5) is 0 Å². The van der Waals surface area contributed by atoms with Crippen LogP contribution in [-0.4, -0.2) is 67.5 Å². The zero-order valence-corrected chi connectivity index (χ0v) is 18.5. The van der Waals surface area contributed by atoms with Gasteiger partial charge in [0, 0.05) is 32.7 Å². The number of primary amides is 1. The number of hydrogen-bond donors (Lipinski definition) is 2. The molecule has 3 aliphatic rings. The number of rotatable bonds is 6. The lowest BCUT2D eigenvalue weighted by atomic mass is 9.68. The van der Waals surface area contributed by atoms with Crippen molar-refractivity contribution >= 4 is 35.8 Å². The highest BCUT2D eigenvalue weighted by Crippen LogP contribution is 2.47. The highest BCUT2D eigenvalue weighted by atomic mass is 127. The van der Waals surface area contributed by atoms with Gasteiger partial charge in [-0.1, -0.05) is 6.42 Å². The molecule has 0 radical (unpaired) electrons. The van der Waals surface area contributed by atoms with Crippen LogP contribution in [0.25, 0.3) is 0 Å². The summed E-state index contributed by atoms with van der Waals surface area (Å²) in [6, 6.07) is 0. The molecule has 3 fully saturated rings. The molecule has 1 unspecified atom stereocenters. The molecule has 1 aliphatic carbocycles. The van der Waals surface area contributed by atoms with Gasteiger partial charge in [-0.15, -0.1) is 24.0 Å². The fraction of sp³-hybridized carbons (Fsp3) is 0.895. The van der Waals surface area contributed by atoms with Crippen molar-refractivity contribution in [1.29, 1.82) is 0 Å². The normalized spacial score (nSPS) is 25.7. The average Bonchev–Trinajstić information content (AvgIpc) is 3.04. The van der Waals surface area contributed by atoms with Gasteiger partial charge in [0.2, 0.25) is 5.91 Å². The van der Waals surface area contributed by atoms with E-state index in [-0.39, 0.29) is 35.8 Å². The maximum Gasteiger partial charge on any atom is 0.221 e. The Hall–Kier alpha value is -0.570. The van der Waals surface area contributed by atoms with Crippen molar-refractivity contribution in [1.82, 2.24) is 15.1 Å². The molecule has 2 saturated heterocycles. The number of carbonyl (C=O) groups excluding carboxylic acids is 1. The van der Waals surface area contributed by atoms with E-state index in [2.05, 4.69) is 22.0 Å². The van der Waals surface area contributed by atoms with E-state index in [0.29, 0.717) is 5.41 Å². The molecule has 0 bridgehead atoms. The zero-order valence-electron chi connectivity index (χ0n) is 16.2. The Balaban J connectivity index is 0.00000243. The lowest BCUT2D eigenvalue weighted by molar-refractivity contribution is -0.123. The fourth-order valence-electron chi connectivity index (χ4n) is 4.60. The number of hydrogen-bond acceptors (Lipinski definition) is 3. The van der Waals surface area contributed by atoms with E-state index in [1.807, 2.05) is 0 Å². The average molecular weight is 477 g/mol. The lowest BCUT2D eigenvalue weighted by Gasteiger charge is -2.38. The third-order valence-electron chi connectivity index (χ3n) is 6.29. The van der Waals surface area contributed by atoms with Gasteiger partial charge in [-0.3, -0.25) is 9.79 Å². The Kier molecular flexibility index (Phi) is 8.44. The van der Waals surface area contributed by atoms with Gasteiger partial charge in [0.15, 0.2) is 5.96 Å². The summed E-state index contributed by atoms with van der Waals surface area (Å²) in [6.45, 7) is 9.18. The van der Waals surface area contributed by atoms with Crippen LogP contribution in [-0.2, 0) is 4.79 Å². The maximum absolute atomic E-state index is 11.4. The van der Waals surface area contributed by atoms with Crippen LogP contribution >= 0.6 is 24.0 Å². The maximum atomic E-state index is 11.4. The van der Waals surface area contributed by atoms with Gasteiger partial charge in [-0.25, -0.2) is 0 Å². The molecule has 3 N–H and O–H groups in total. The van der Waals surface area contributed by atoms with Gasteiger partial charge >= 0.3 is 0 Å². The van der Waals surface area contributed by atoms with Crippen LogP contribution in [0.1, 0.15) is 51.9 Å². The number of nitrogens with zero attached hydrogens (tertiary/aromatic N) is 3. The first-order valence-electron chi connectivity index (χ1n) is 10.2. The van der Waals surface area contributed by atoms with E-state index >= 15 is 0 Å². The summed E-state index contributed by atoms with van der Waals surface area (Å²) < 4.78 is 0. The first-order valence-corrected chi connectivity index (χ1v) is 10.2. The topological polar surface area (TPSA) is 74.0 Å². The second-order valence-electron chi connectivity index (χ2n) is 8.16. The predicted molar refractivity (Wildman–Crippen MR) is 117 cm³/mol. The molecule has 150 valence electrons. The summed E-state index contributed by atoms with van der Waals surface area (Å²) in [5, 5.41) is 3.47.